The van der Waals surface area contributed by atoms with Crippen LogP contribution in [0.2, 0.25) is 0 Å². The van der Waals surface area contributed by atoms with E-state index in [1.807, 2.05) is 19.0 Å². The third kappa shape index (κ3) is 4.73. The Morgan fingerprint density at radius 3 is 2.47 bits per heavy atom. The number of hydrogen-bond acceptors (Lipinski definition) is 4. The lowest BCUT2D eigenvalue weighted by molar-refractivity contribution is 0.264. The molecule has 0 aromatic heterocycles. The molecule has 2 N–H and O–H groups in total. The van der Waals surface area contributed by atoms with Crippen LogP contribution in [0.15, 0.2) is 17.0 Å². The number of nitrogens with two attached hydrogens (primary N) is 1. The van der Waals surface area contributed by atoms with Crippen molar-refractivity contribution < 1.29 is 21.9 Å². The van der Waals surface area contributed by atoms with Crippen LogP contribution in [0.25, 0.3) is 0 Å². The van der Waals surface area contributed by atoms with Crippen molar-refractivity contribution >= 4 is 10.0 Å². The fourth-order valence-electron chi connectivity index (χ4n) is 1.44. The molecule has 0 atom stereocenters. The van der Waals surface area contributed by atoms with Crippen molar-refractivity contribution in [3.05, 3.63) is 23.8 Å². The van der Waals surface area contributed by atoms with Crippen LogP contribution in [0.5, 0.6) is 5.75 Å². The summed E-state index contributed by atoms with van der Waals surface area (Å²) in [6.45, 7) is 0.788. The van der Waals surface area contributed by atoms with Gasteiger partial charge < -0.3 is 9.64 Å². The van der Waals surface area contributed by atoms with Crippen molar-refractivity contribution in [1.29, 1.82) is 0 Å². The predicted octanol–water partition coefficient (Wildman–Crippen LogP) is 0.943. The van der Waals surface area contributed by atoms with E-state index in [4.69, 9.17) is 9.88 Å². The largest absolute Gasteiger partial charge is 0.489 e. The first-order chi connectivity index (χ1) is 8.71. The van der Waals surface area contributed by atoms with E-state index < -0.39 is 32.3 Å². The Kier molecular flexibility index (Phi) is 5.21. The first-order valence-corrected chi connectivity index (χ1v) is 7.06. The summed E-state index contributed by atoms with van der Waals surface area (Å²) in [6, 6.07) is 1.19. The first kappa shape index (κ1) is 15.8. The summed E-state index contributed by atoms with van der Waals surface area (Å²) < 4.78 is 54.1. The van der Waals surface area contributed by atoms with Gasteiger partial charge in [-0.25, -0.2) is 22.3 Å². The Balaban J connectivity index is 2.93. The topological polar surface area (TPSA) is 72.6 Å². The molecule has 19 heavy (non-hydrogen) atoms. The Morgan fingerprint density at radius 2 is 1.95 bits per heavy atom. The van der Waals surface area contributed by atoms with Gasteiger partial charge in [-0.15, -0.1) is 0 Å². The zero-order valence-electron chi connectivity index (χ0n) is 10.7. The van der Waals surface area contributed by atoms with Crippen molar-refractivity contribution in [2.45, 2.75) is 11.3 Å². The van der Waals surface area contributed by atoms with Gasteiger partial charge in [-0.1, -0.05) is 0 Å². The predicted molar refractivity (Wildman–Crippen MR) is 66.4 cm³/mol. The highest BCUT2D eigenvalue weighted by Crippen LogP contribution is 2.27. The molecule has 0 amide bonds. The van der Waals surface area contributed by atoms with Crippen LogP contribution in [0, 0.1) is 11.6 Å². The van der Waals surface area contributed by atoms with Gasteiger partial charge in [0, 0.05) is 12.6 Å². The van der Waals surface area contributed by atoms with Crippen LogP contribution >= 0.6 is 0 Å². The van der Waals surface area contributed by atoms with Gasteiger partial charge in [0.15, 0.2) is 11.6 Å². The number of hydrogen-bond donors (Lipinski definition) is 1. The maximum absolute atomic E-state index is 13.5. The summed E-state index contributed by atoms with van der Waals surface area (Å²) in [5, 5.41) is 4.90. The van der Waals surface area contributed by atoms with E-state index in [9.17, 15) is 17.2 Å². The molecular weight excluding hydrogens is 278 g/mol. The molecule has 108 valence electrons. The molecule has 0 aliphatic carbocycles. The average molecular weight is 294 g/mol. The molecule has 0 aliphatic rings. The van der Waals surface area contributed by atoms with Crippen LogP contribution < -0.4 is 9.88 Å². The molecule has 0 radical (unpaired) electrons. The summed E-state index contributed by atoms with van der Waals surface area (Å²) in [5.41, 5.74) is 0. The molecule has 0 unspecified atom stereocenters. The molecule has 5 nitrogen and oxygen atoms in total. The minimum Gasteiger partial charge on any atom is -0.489 e. The van der Waals surface area contributed by atoms with Crippen LogP contribution in [0.3, 0.4) is 0 Å². The molecule has 0 heterocycles. The summed E-state index contributed by atoms with van der Waals surface area (Å²) in [5.74, 6) is -2.65. The van der Waals surface area contributed by atoms with Crippen molar-refractivity contribution in [3.8, 4) is 5.75 Å². The molecule has 0 saturated carbocycles. The van der Waals surface area contributed by atoms with E-state index >= 15 is 0 Å². The van der Waals surface area contributed by atoms with Gasteiger partial charge in [-0.05, 0) is 26.6 Å². The molecule has 0 spiro atoms. The molecule has 8 heteroatoms. The highest BCUT2D eigenvalue weighted by atomic mass is 32.2. The van der Waals surface area contributed by atoms with E-state index in [-0.39, 0.29) is 6.61 Å². The highest BCUT2D eigenvalue weighted by molar-refractivity contribution is 7.89. The van der Waals surface area contributed by atoms with E-state index in [0.29, 0.717) is 25.1 Å². The summed E-state index contributed by atoms with van der Waals surface area (Å²) >= 11 is 0. The van der Waals surface area contributed by atoms with Crippen molar-refractivity contribution in [2.24, 2.45) is 5.14 Å². The molecule has 1 aromatic rings. The quantitative estimate of drug-likeness (QED) is 0.793. The summed E-state index contributed by atoms with van der Waals surface area (Å²) in [7, 11) is -0.537. The Bertz CT molecular complexity index is 547. The average Bonchev–Trinajstić information content (AvgIpc) is 2.24. The van der Waals surface area contributed by atoms with E-state index in [0.717, 1.165) is 0 Å². The molecule has 0 fully saturated rings. The van der Waals surface area contributed by atoms with Gasteiger partial charge in [-0.3, -0.25) is 0 Å². The maximum Gasteiger partial charge on any atom is 0.241 e. The van der Waals surface area contributed by atoms with Crippen LogP contribution in [-0.4, -0.2) is 40.6 Å². The number of benzene rings is 1. The number of primary sulfonamides is 1. The summed E-state index contributed by atoms with van der Waals surface area (Å²) in [6.07, 6.45) is 0.563. The van der Waals surface area contributed by atoms with E-state index in [1.165, 1.54) is 0 Å². The van der Waals surface area contributed by atoms with Crippen molar-refractivity contribution in [2.75, 3.05) is 27.2 Å². The number of ether oxygens (including phenoxy) is 1. The fourth-order valence-corrected chi connectivity index (χ4v) is 2.13. The minimum absolute atomic E-state index is 0.100. The standard InChI is InChI=1S/C11H16F2N2O3S/c1-15(2)4-3-5-18-11-9(13)6-8(12)7-10(11)19(14,16)17/h6-7H,3-5H2,1-2H3,(H2,14,16,17). The minimum atomic E-state index is -4.25. The second-order valence-corrected chi connectivity index (χ2v) is 5.80. The van der Waals surface area contributed by atoms with Crippen LogP contribution in [0.1, 0.15) is 6.42 Å². The molecule has 0 bridgehead atoms. The zero-order valence-corrected chi connectivity index (χ0v) is 11.5. The van der Waals surface area contributed by atoms with Gasteiger partial charge in [0.2, 0.25) is 10.0 Å². The summed E-state index contributed by atoms with van der Waals surface area (Å²) in [4.78, 5) is 1.21. The second kappa shape index (κ2) is 6.27. The van der Waals surface area contributed by atoms with Gasteiger partial charge in [0.25, 0.3) is 0 Å². The number of halogens is 2. The zero-order chi connectivity index (χ0) is 14.6. The first-order valence-electron chi connectivity index (χ1n) is 5.51. The molecule has 0 saturated heterocycles. The molecular formula is C11H16F2N2O3S. The highest BCUT2D eigenvalue weighted by Gasteiger charge is 2.21. The molecule has 1 aromatic carbocycles. The fraction of sp³-hybridized carbons (Fsp3) is 0.455. The van der Waals surface area contributed by atoms with E-state index in [1.54, 1.807) is 0 Å². The lowest BCUT2D eigenvalue weighted by Gasteiger charge is -2.13. The van der Waals surface area contributed by atoms with Crippen molar-refractivity contribution in [1.82, 2.24) is 4.90 Å². The molecule has 0 aliphatic heterocycles. The second-order valence-electron chi connectivity index (χ2n) is 4.27. The number of sulfonamides is 1. The maximum atomic E-state index is 13.5. The normalized spacial score (nSPS) is 11.9. The van der Waals surface area contributed by atoms with Crippen LogP contribution in [0.4, 0.5) is 8.78 Å². The third-order valence-corrected chi connectivity index (χ3v) is 3.19. The Morgan fingerprint density at radius 1 is 1.32 bits per heavy atom. The Labute approximate surface area is 111 Å². The molecule has 1 rings (SSSR count). The third-order valence-electron chi connectivity index (χ3n) is 2.28. The smallest absolute Gasteiger partial charge is 0.241 e. The van der Waals surface area contributed by atoms with Gasteiger partial charge >= 0.3 is 0 Å². The van der Waals surface area contributed by atoms with Gasteiger partial charge in [-0.2, -0.15) is 0 Å². The lowest BCUT2D eigenvalue weighted by Crippen LogP contribution is -2.18. The van der Waals surface area contributed by atoms with E-state index in [2.05, 4.69) is 0 Å². The number of nitrogens with zero attached hydrogens (tertiary/aromatic N) is 1. The number of rotatable bonds is 6. The SMILES string of the molecule is CN(C)CCCOc1c(F)cc(F)cc1S(N)(=O)=O. The van der Waals surface area contributed by atoms with Crippen molar-refractivity contribution in [3.63, 3.8) is 0 Å². The Hall–Kier alpha value is -1.25. The monoisotopic (exact) mass is 294 g/mol. The lowest BCUT2D eigenvalue weighted by atomic mass is 10.3. The van der Waals surface area contributed by atoms with Gasteiger partial charge in [0.05, 0.1) is 6.61 Å². The van der Waals surface area contributed by atoms with Gasteiger partial charge in [0.1, 0.15) is 10.7 Å². The van der Waals surface area contributed by atoms with Crippen LogP contribution in [-0.2, 0) is 10.0 Å².